The van der Waals surface area contributed by atoms with Crippen LogP contribution in [0.5, 0.6) is 0 Å². The van der Waals surface area contributed by atoms with Gasteiger partial charge in [-0.05, 0) is 30.7 Å². The van der Waals surface area contributed by atoms with Gasteiger partial charge in [0.25, 0.3) is 0 Å². The second-order valence-electron chi connectivity index (χ2n) is 3.85. The number of aldehydes is 1. The van der Waals surface area contributed by atoms with Gasteiger partial charge in [0.1, 0.15) is 11.5 Å². The minimum atomic E-state index is 0.362. The molecule has 0 saturated carbocycles. The van der Waals surface area contributed by atoms with Gasteiger partial charge in [-0.1, -0.05) is 29.3 Å². The Balaban J connectivity index is 2.39. The maximum Gasteiger partial charge on any atom is 0.168 e. The van der Waals surface area contributed by atoms with E-state index in [9.17, 15) is 4.79 Å². The highest BCUT2D eigenvalue weighted by Crippen LogP contribution is 2.26. The molecule has 0 radical (unpaired) electrons. The zero-order valence-electron chi connectivity index (χ0n) is 9.65. The van der Waals surface area contributed by atoms with E-state index in [0.29, 0.717) is 34.3 Å². The third-order valence-electron chi connectivity index (χ3n) is 2.44. The summed E-state index contributed by atoms with van der Waals surface area (Å²) in [5.74, 6) is 0.534. The monoisotopic (exact) mass is 280 g/mol. The van der Waals surface area contributed by atoms with Gasteiger partial charge in [0.05, 0.1) is 0 Å². The van der Waals surface area contributed by atoms with E-state index >= 15 is 0 Å². The molecule has 1 aromatic carbocycles. The van der Waals surface area contributed by atoms with Crippen molar-refractivity contribution in [2.75, 3.05) is 0 Å². The predicted octanol–water partition coefficient (Wildman–Crippen LogP) is 3.50. The van der Waals surface area contributed by atoms with Crippen molar-refractivity contribution in [3.05, 3.63) is 57.1 Å². The lowest BCUT2D eigenvalue weighted by Gasteiger charge is -2.07. The highest BCUT2D eigenvalue weighted by atomic mass is 35.5. The number of benzene rings is 1. The lowest BCUT2D eigenvalue weighted by Crippen LogP contribution is -2.02. The van der Waals surface area contributed by atoms with Gasteiger partial charge in [0.15, 0.2) is 6.29 Å². The summed E-state index contributed by atoms with van der Waals surface area (Å²) < 4.78 is 0. The fraction of sp³-hybridized carbons (Fsp3) is 0.154. The number of aryl methyl sites for hydroxylation is 1. The van der Waals surface area contributed by atoms with Gasteiger partial charge in [-0.3, -0.25) is 4.79 Å². The lowest BCUT2D eigenvalue weighted by molar-refractivity contribution is 0.111. The largest absolute Gasteiger partial charge is 0.296 e. The van der Waals surface area contributed by atoms with Gasteiger partial charge in [-0.15, -0.1) is 0 Å². The molecular weight excluding hydrogens is 271 g/mol. The van der Waals surface area contributed by atoms with Gasteiger partial charge in [0, 0.05) is 22.2 Å². The van der Waals surface area contributed by atoms with Gasteiger partial charge in [0.2, 0.25) is 0 Å². The van der Waals surface area contributed by atoms with E-state index in [1.165, 1.54) is 0 Å². The number of halogens is 2. The van der Waals surface area contributed by atoms with Crippen molar-refractivity contribution >= 4 is 29.5 Å². The molecule has 5 heteroatoms. The fourth-order valence-electron chi connectivity index (χ4n) is 1.65. The maximum atomic E-state index is 10.8. The molecule has 0 fully saturated rings. The molecule has 3 nitrogen and oxygen atoms in total. The Bertz CT molecular complexity index is 579. The average molecular weight is 281 g/mol. The summed E-state index contributed by atoms with van der Waals surface area (Å²) in [6, 6.07) is 6.94. The molecule has 0 atom stereocenters. The summed E-state index contributed by atoms with van der Waals surface area (Å²) in [5, 5.41) is 1.14. The fourth-order valence-corrected chi connectivity index (χ4v) is 2.19. The predicted molar refractivity (Wildman–Crippen MR) is 71.4 cm³/mol. The van der Waals surface area contributed by atoms with Crippen molar-refractivity contribution in [3.8, 4) is 0 Å². The molecule has 0 bridgehead atoms. The third kappa shape index (κ3) is 2.86. The molecule has 0 spiro atoms. The van der Waals surface area contributed by atoms with Gasteiger partial charge >= 0.3 is 0 Å². The number of nitrogens with zero attached hydrogens (tertiary/aromatic N) is 2. The Kier molecular flexibility index (Phi) is 3.94. The summed E-state index contributed by atoms with van der Waals surface area (Å²) in [6.07, 6.45) is 1.10. The van der Waals surface area contributed by atoms with Crippen LogP contribution in [0.4, 0.5) is 0 Å². The number of rotatable bonds is 3. The smallest absolute Gasteiger partial charge is 0.168 e. The molecule has 0 aliphatic heterocycles. The first-order chi connectivity index (χ1) is 8.60. The van der Waals surface area contributed by atoms with Crippen LogP contribution in [0.2, 0.25) is 10.0 Å². The van der Waals surface area contributed by atoms with E-state index in [1.54, 1.807) is 24.3 Å². The van der Waals surface area contributed by atoms with Crippen LogP contribution < -0.4 is 0 Å². The average Bonchev–Trinajstić information content (AvgIpc) is 2.33. The van der Waals surface area contributed by atoms with E-state index in [2.05, 4.69) is 9.97 Å². The molecule has 92 valence electrons. The molecule has 0 unspecified atom stereocenters. The Hall–Kier alpha value is -1.45. The SMILES string of the molecule is Cc1cc(C=O)nc(Cc2c(Cl)cccc2Cl)n1. The van der Waals surface area contributed by atoms with Crippen LogP contribution in [0, 0.1) is 6.92 Å². The highest BCUT2D eigenvalue weighted by Gasteiger charge is 2.09. The molecule has 18 heavy (non-hydrogen) atoms. The Labute approximate surface area is 115 Å². The zero-order chi connectivity index (χ0) is 13.1. The quantitative estimate of drug-likeness (QED) is 0.809. The van der Waals surface area contributed by atoms with E-state index in [0.717, 1.165) is 11.3 Å². The van der Waals surface area contributed by atoms with Crippen LogP contribution >= 0.6 is 23.2 Å². The van der Waals surface area contributed by atoms with Gasteiger partial charge in [-0.25, -0.2) is 9.97 Å². The second kappa shape index (κ2) is 5.46. The Morgan fingerprint density at radius 1 is 1.22 bits per heavy atom. The number of aromatic nitrogens is 2. The highest BCUT2D eigenvalue weighted by molar-refractivity contribution is 6.36. The standard InChI is InChI=1S/C13H10Cl2N2O/c1-8-5-9(7-18)17-13(16-8)6-10-11(14)3-2-4-12(10)15/h2-5,7H,6H2,1H3. The van der Waals surface area contributed by atoms with Crippen molar-refractivity contribution < 1.29 is 4.79 Å². The van der Waals surface area contributed by atoms with Crippen molar-refractivity contribution in [2.45, 2.75) is 13.3 Å². The summed E-state index contributed by atoms with van der Waals surface area (Å²) in [6.45, 7) is 1.81. The first-order valence-corrected chi connectivity index (χ1v) is 6.08. The van der Waals surface area contributed by atoms with Crippen molar-refractivity contribution in [3.63, 3.8) is 0 Å². The van der Waals surface area contributed by atoms with Crippen molar-refractivity contribution in [2.24, 2.45) is 0 Å². The van der Waals surface area contributed by atoms with Gasteiger partial charge in [-0.2, -0.15) is 0 Å². The maximum absolute atomic E-state index is 10.8. The summed E-state index contributed by atoms with van der Waals surface area (Å²) in [4.78, 5) is 19.2. The topological polar surface area (TPSA) is 42.9 Å². The summed E-state index contributed by atoms with van der Waals surface area (Å²) in [5.41, 5.74) is 1.87. The van der Waals surface area contributed by atoms with Crippen LogP contribution in [0.15, 0.2) is 24.3 Å². The first kappa shape index (κ1) is 13.0. The Morgan fingerprint density at radius 3 is 2.50 bits per heavy atom. The Morgan fingerprint density at radius 2 is 1.89 bits per heavy atom. The first-order valence-electron chi connectivity index (χ1n) is 5.33. The molecular formula is C13H10Cl2N2O. The molecule has 2 rings (SSSR count). The van der Waals surface area contributed by atoms with Crippen molar-refractivity contribution in [1.82, 2.24) is 9.97 Å². The molecule has 0 aliphatic carbocycles. The zero-order valence-corrected chi connectivity index (χ0v) is 11.2. The third-order valence-corrected chi connectivity index (χ3v) is 3.15. The van der Waals surface area contributed by atoms with Crippen LogP contribution in [0.3, 0.4) is 0 Å². The molecule has 0 aliphatic rings. The van der Waals surface area contributed by atoms with Crippen LogP contribution in [-0.2, 0) is 6.42 Å². The molecule has 2 aromatic rings. The minimum absolute atomic E-state index is 0.362. The summed E-state index contributed by atoms with van der Waals surface area (Å²) in [7, 11) is 0. The van der Waals surface area contributed by atoms with E-state index < -0.39 is 0 Å². The van der Waals surface area contributed by atoms with Crippen LogP contribution in [0.25, 0.3) is 0 Å². The normalized spacial score (nSPS) is 10.4. The minimum Gasteiger partial charge on any atom is -0.296 e. The molecule has 0 N–H and O–H groups in total. The van der Waals surface area contributed by atoms with E-state index in [4.69, 9.17) is 23.2 Å². The molecule has 1 aromatic heterocycles. The van der Waals surface area contributed by atoms with Crippen molar-refractivity contribution in [1.29, 1.82) is 0 Å². The number of hydrogen-bond acceptors (Lipinski definition) is 3. The molecule has 0 saturated heterocycles. The number of hydrogen-bond donors (Lipinski definition) is 0. The van der Waals surface area contributed by atoms with Crippen LogP contribution in [-0.4, -0.2) is 16.3 Å². The molecule has 0 amide bonds. The van der Waals surface area contributed by atoms with E-state index in [-0.39, 0.29) is 0 Å². The van der Waals surface area contributed by atoms with E-state index in [1.807, 2.05) is 6.92 Å². The number of carbonyl (C=O) groups is 1. The summed E-state index contributed by atoms with van der Waals surface area (Å²) >= 11 is 12.2. The molecule has 1 heterocycles. The van der Waals surface area contributed by atoms with Gasteiger partial charge < -0.3 is 0 Å². The number of carbonyl (C=O) groups excluding carboxylic acids is 1. The van der Waals surface area contributed by atoms with Crippen LogP contribution in [0.1, 0.15) is 27.6 Å². The second-order valence-corrected chi connectivity index (χ2v) is 4.66. The lowest BCUT2D eigenvalue weighted by atomic mass is 10.1.